The van der Waals surface area contributed by atoms with Gasteiger partial charge in [-0.3, -0.25) is 4.79 Å². The number of nitrogens with zero attached hydrogens (tertiary/aromatic N) is 2. The van der Waals surface area contributed by atoms with Crippen molar-refractivity contribution in [3.8, 4) is 6.07 Å². The molecule has 0 radical (unpaired) electrons. The molecule has 1 aliphatic rings. The predicted octanol–water partition coefficient (Wildman–Crippen LogP) is 2.30. The summed E-state index contributed by atoms with van der Waals surface area (Å²) >= 11 is 0. The average molecular weight is 216 g/mol. The van der Waals surface area contributed by atoms with E-state index in [1.54, 1.807) is 16.8 Å². The van der Waals surface area contributed by atoms with Crippen molar-refractivity contribution in [3.63, 3.8) is 0 Å². The number of rotatable bonds is 2. The van der Waals surface area contributed by atoms with Gasteiger partial charge in [0.15, 0.2) is 0 Å². The van der Waals surface area contributed by atoms with E-state index in [1.165, 1.54) is 38.2 Å². The maximum Gasteiger partial charge on any atom is 0.250 e. The Hall–Kier alpha value is -1.56. The summed E-state index contributed by atoms with van der Waals surface area (Å²) in [6, 6.07) is 5.14. The van der Waals surface area contributed by atoms with E-state index < -0.39 is 0 Å². The summed E-state index contributed by atoms with van der Waals surface area (Å²) in [6.45, 7) is 0.772. The first kappa shape index (κ1) is 10.9. The van der Waals surface area contributed by atoms with Gasteiger partial charge in [0.05, 0.1) is 5.56 Å². The highest BCUT2D eigenvalue weighted by molar-refractivity contribution is 5.24. The Morgan fingerprint density at radius 3 is 2.75 bits per heavy atom. The van der Waals surface area contributed by atoms with Crippen molar-refractivity contribution in [1.29, 1.82) is 5.26 Å². The van der Waals surface area contributed by atoms with E-state index in [0.29, 0.717) is 11.5 Å². The lowest BCUT2D eigenvalue weighted by Gasteiger charge is -2.22. The second kappa shape index (κ2) is 4.98. The van der Waals surface area contributed by atoms with Gasteiger partial charge in [-0.15, -0.1) is 0 Å². The number of hydrogen-bond acceptors (Lipinski definition) is 2. The van der Waals surface area contributed by atoms with Gasteiger partial charge in [0, 0.05) is 18.8 Å². The minimum atomic E-state index is 0.00423. The van der Waals surface area contributed by atoms with Crippen LogP contribution < -0.4 is 5.56 Å². The molecule has 1 aromatic rings. The summed E-state index contributed by atoms with van der Waals surface area (Å²) in [7, 11) is 0. The smallest absolute Gasteiger partial charge is 0.250 e. The van der Waals surface area contributed by atoms with Crippen LogP contribution in [0.15, 0.2) is 23.1 Å². The largest absolute Gasteiger partial charge is 0.314 e. The number of nitriles is 1. The molecule has 0 saturated heterocycles. The molecular weight excluding hydrogens is 200 g/mol. The van der Waals surface area contributed by atoms with Crippen LogP contribution in [0.3, 0.4) is 0 Å². The lowest BCUT2D eigenvalue weighted by atomic mass is 9.89. The van der Waals surface area contributed by atoms with Crippen molar-refractivity contribution in [2.24, 2.45) is 5.92 Å². The lowest BCUT2D eigenvalue weighted by molar-refractivity contribution is 0.316. The Kier molecular flexibility index (Phi) is 3.40. The Morgan fingerprint density at radius 1 is 1.31 bits per heavy atom. The third-order valence-electron chi connectivity index (χ3n) is 3.29. The molecule has 1 aliphatic carbocycles. The quantitative estimate of drug-likeness (QED) is 0.761. The first-order valence-electron chi connectivity index (χ1n) is 5.90. The van der Waals surface area contributed by atoms with Crippen LogP contribution >= 0.6 is 0 Å². The Balaban J connectivity index is 2.13. The van der Waals surface area contributed by atoms with Crippen molar-refractivity contribution in [3.05, 3.63) is 34.2 Å². The molecule has 0 bridgehead atoms. The Bertz CT molecular complexity index is 450. The summed E-state index contributed by atoms with van der Waals surface area (Å²) in [5, 5.41) is 8.79. The minimum Gasteiger partial charge on any atom is -0.314 e. The second-order valence-electron chi connectivity index (χ2n) is 4.52. The predicted molar refractivity (Wildman–Crippen MR) is 62.0 cm³/mol. The van der Waals surface area contributed by atoms with Crippen LogP contribution in [0.1, 0.15) is 37.7 Å². The molecule has 0 aromatic carbocycles. The van der Waals surface area contributed by atoms with E-state index >= 15 is 0 Å². The van der Waals surface area contributed by atoms with Gasteiger partial charge >= 0.3 is 0 Å². The van der Waals surface area contributed by atoms with E-state index in [2.05, 4.69) is 6.07 Å². The highest BCUT2D eigenvalue weighted by Crippen LogP contribution is 2.24. The molecule has 2 rings (SSSR count). The topological polar surface area (TPSA) is 45.8 Å². The maximum atomic E-state index is 11.6. The molecule has 0 unspecified atom stereocenters. The van der Waals surface area contributed by atoms with E-state index in [9.17, 15) is 4.79 Å². The third kappa shape index (κ3) is 2.52. The summed E-state index contributed by atoms with van der Waals surface area (Å²) in [5.41, 5.74) is 0.569. The van der Waals surface area contributed by atoms with Gasteiger partial charge in [0.1, 0.15) is 6.07 Å². The maximum absolute atomic E-state index is 11.6. The number of pyridine rings is 1. The highest BCUT2D eigenvalue weighted by Gasteiger charge is 2.14. The van der Waals surface area contributed by atoms with Crippen LogP contribution in [-0.2, 0) is 6.54 Å². The van der Waals surface area contributed by atoms with Crippen molar-refractivity contribution < 1.29 is 0 Å². The zero-order valence-corrected chi connectivity index (χ0v) is 9.35. The normalized spacial score (nSPS) is 16.9. The van der Waals surface area contributed by atoms with E-state index in [-0.39, 0.29) is 5.56 Å². The first-order valence-corrected chi connectivity index (χ1v) is 5.90. The van der Waals surface area contributed by atoms with Crippen molar-refractivity contribution >= 4 is 0 Å². The van der Waals surface area contributed by atoms with Crippen LogP contribution in [0.25, 0.3) is 0 Å². The Morgan fingerprint density at radius 2 is 2.06 bits per heavy atom. The van der Waals surface area contributed by atoms with Crippen molar-refractivity contribution in [2.45, 2.75) is 38.6 Å². The van der Waals surface area contributed by atoms with Crippen LogP contribution in [0.4, 0.5) is 0 Å². The second-order valence-corrected chi connectivity index (χ2v) is 4.52. The zero-order chi connectivity index (χ0) is 11.4. The standard InChI is InChI=1S/C13H16N2O/c14-8-12-6-7-13(16)15(10-12)9-11-4-2-1-3-5-11/h6-7,10-11H,1-5,9H2. The molecule has 3 heteroatoms. The molecule has 0 atom stereocenters. The van der Waals surface area contributed by atoms with E-state index in [1.807, 2.05) is 0 Å². The van der Waals surface area contributed by atoms with Gasteiger partial charge in [-0.1, -0.05) is 19.3 Å². The summed E-state index contributed by atoms with van der Waals surface area (Å²) in [4.78, 5) is 11.6. The van der Waals surface area contributed by atoms with Crippen LogP contribution in [0.5, 0.6) is 0 Å². The molecule has 1 aromatic heterocycles. The average Bonchev–Trinajstić information content (AvgIpc) is 2.33. The number of hydrogen-bond donors (Lipinski definition) is 0. The van der Waals surface area contributed by atoms with Crippen molar-refractivity contribution in [2.75, 3.05) is 0 Å². The fourth-order valence-corrected chi connectivity index (χ4v) is 2.39. The van der Waals surface area contributed by atoms with Gasteiger partial charge in [-0.25, -0.2) is 0 Å². The fourth-order valence-electron chi connectivity index (χ4n) is 2.39. The SMILES string of the molecule is N#Cc1ccc(=O)n(CC2CCCCC2)c1. The van der Waals surface area contributed by atoms with Gasteiger partial charge in [0.2, 0.25) is 0 Å². The Labute approximate surface area is 95.3 Å². The summed E-state index contributed by atoms with van der Waals surface area (Å²) in [5.74, 6) is 0.611. The molecule has 84 valence electrons. The molecule has 0 aliphatic heterocycles. The molecule has 3 nitrogen and oxygen atoms in total. The zero-order valence-electron chi connectivity index (χ0n) is 9.35. The van der Waals surface area contributed by atoms with Gasteiger partial charge in [-0.2, -0.15) is 5.26 Å². The van der Waals surface area contributed by atoms with E-state index in [4.69, 9.17) is 5.26 Å². The molecule has 1 heterocycles. The molecule has 16 heavy (non-hydrogen) atoms. The minimum absolute atomic E-state index is 0.00423. The third-order valence-corrected chi connectivity index (χ3v) is 3.29. The highest BCUT2D eigenvalue weighted by atomic mass is 16.1. The molecular formula is C13H16N2O. The van der Waals surface area contributed by atoms with Gasteiger partial charge in [-0.05, 0) is 24.8 Å². The monoisotopic (exact) mass is 216 g/mol. The molecule has 1 saturated carbocycles. The molecule has 1 fully saturated rings. The van der Waals surface area contributed by atoms with E-state index in [0.717, 1.165) is 6.54 Å². The summed E-state index contributed by atoms with van der Waals surface area (Å²) < 4.78 is 1.69. The van der Waals surface area contributed by atoms with Crippen LogP contribution in [0, 0.1) is 17.2 Å². The fraction of sp³-hybridized carbons (Fsp3) is 0.538. The summed E-state index contributed by atoms with van der Waals surface area (Å²) in [6.07, 6.45) is 7.97. The lowest BCUT2D eigenvalue weighted by Crippen LogP contribution is -2.24. The molecule has 0 amide bonds. The number of aromatic nitrogens is 1. The van der Waals surface area contributed by atoms with Crippen LogP contribution in [-0.4, -0.2) is 4.57 Å². The molecule has 0 N–H and O–H groups in total. The van der Waals surface area contributed by atoms with Crippen LogP contribution in [0.2, 0.25) is 0 Å². The van der Waals surface area contributed by atoms with Crippen molar-refractivity contribution in [1.82, 2.24) is 4.57 Å². The van der Waals surface area contributed by atoms with Gasteiger partial charge < -0.3 is 4.57 Å². The molecule has 0 spiro atoms. The van der Waals surface area contributed by atoms with Gasteiger partial charge in [0.25, 0.3) is 5.56 Å². The first-order chi connectivity index (χ1) is 7.79.